The van der Waals surface area contributed by atoms with E-state index in [2.05, 4.69) is 5.32 Å². The van der Waals surface area contributed by atoms with Crippen LogP contribution in [0.3, 0.4) is 0 Å². The molecule has 4 unspecified atom stereocenters. The molecule has 0 radical (unpaired) electrons. The number of carboxylic acids is 1. The Labute approximate surface area is 202 Å². The molecule has 2 amide bonds. The van der Waals surface area contributed by atoms with Gasteiger partial charge in [-0.25, -0.2) is 4.90 Å². The molecule has 4 rings (SSSR count). The van der Waals surface area contributed by atoms with E-state index in [1.54, 1.807) is 19.1 Å². The number of carbonyl (C=O) groups excluding carboxylic acids is 2. The monoisotopic (exact) mass is 516 g/mol. The van der Waals surface area contributed by atoms with Gasteiger partial charge in [0.2, 0.25) is 11.8 Å². The number of rotatable bonds is 4. The number of benzene rings is 2. The van der Waals surface area contributed by atoms with Gasteiger partial charge in [-0.2, -0.15) is 0 Å². The number of nitrogens with one attached hydrogen (secondary N) is 1. The summed E-state index contributed by atoms with van der Waals surface area (Å²) in [5.41, 5.74) is -0.926. The van der Waals surface area contributed by atoms with Crippen molar-refractivity contribution < 1.29 is 24.6 Å². The number of aliphatic hydroxyl groups excluding tert-OH is 1. The van der Waals surface area contributed by atoms with Gasteiger partial charge in [0, 0.05) is 16.1 Å². The van der Waals surface area contributed by atoms with Crippen molar-refractivity contribution in [2.24, 2.45) is 11.8 Å². The van der Waals surface area contributed by atoms with Gasteiger partial charge in [0.15, 0.2) is 5.54 Å². The van der Waals surface area contributed by atoms with Crippen LogP contribution in [0.5, 0.6) is 0 Å². The molecule has 0 aromatic heterocycles. The van der Waals surface area contributed by atoms with Crippen LogP contribution < -0.4 is 10.2 Å². The summed E-state index contributed by atoms with van der Waals surface area (Å²) < 4.78 is 0. The highest BCUT2D eigenvalue weighted by molar-refractivity contribution is 6.43. The normalized spacial score (nSPS) is 27.2. The fourth-order valence-electron chi connectivity index (χ4n) is 4.46. The summed E-state index contributed by atoms with van der Waals surface area (Å²) in [4.78, 5) is 40.1. The van der Waals surface area contributed by atoms with Crippen molar-refractivity contribution in [3.8, 4) is 0 Å². The summed E-state index contributed by atoms with van der Waals surface area (Å²) in [6, 6.07) is 6.45. The van der Waals surface area contributed by atoms with E-state index in [4.69, 9.17) is 46.4 Å². The van der Waals surface area contributed by atoms with Crippen LogP contribution in [-0.4, -0.2) is 40.1 Å². The zero-order valence-electron chi connectivity index (χ0n) is 16.4. The molecule has 2 heterocycles. The minimum Gasteiger partial charge on any atom is -0.480 e. The number of aliphatic carboxylic acids is 1. The first-order valence-corrected chi connectivity index (χ1v) is 10.9. The van der Waals surface area contributed by atoms with E-state index in [0.717, 1.165) is 10.5 Å². The van der Waals surface area contributed by atoms with Crippen LogP contribution in [0.4, 0.5) is 5.69 Å². The fourth-order valence-corrected chi connectivity index (χ4v) is 5.37. The maximum absolute atomic E-state index is 13.5. The van der Waals surface area contributed by atoms with Crippen molar-refractivity contribution in [3.05, 3.63) is 61.5 Å². The van der Waals surface area contributed by atoms with Gasteiger partial charge >= 0.3 is 5.97 Å². The molecule has 11 heteroatoms. The molecule has 7 nitrogen and oxygen atoms in total. The maximum Gasteiger partial charge on any atom is 0.327 e. The zero-order valence-corrected chi connectivity index (χ0v) is 19.4. The molecule has 0 saturated carbocycles. The number of halogens is 4. The van der Waals surface area contributed by atoms with Crippen molar-refractivity contribution >= 4 is 69.9 Å². The molecule has 32 heavy (non-hydrogen) atoms. The predicted molar refractivity (Wildman–Crippen MR) is 120 cm³/mol. The Morgan fingerprint density at radius 1 is 1.09 bits per heavy atom. The Morgan fingerprint density at radius 3 is 2.38 bits per heavy atom. The maximum atomic E-state index is 13.5. The first kappa shape index (κ1) is 23.3. The molecule has 0 bridgehead atoms. The molecule has 2 aromatic carbocycles. The standard InChI is InChI=1S/C21H16Cl4N2O5/c1-8-2-3-10(6-12(8)23)27-18(29)14-15(19(27)30)21(7-28,20(31)32)26-17(14)11-4-9(22)5-13(24)16(11)25/h2-6,14-15,17,26,28H,7H2,1H3,(H,31,32). The third-order valence-electron chi connectivity index (χ3n) is 6.06. The molecule has 0 spiro atoms. The highest BCUT2D eigenvalue weighted by Crippen LogP contribution is 2.51. The summed E-state index contributed by atoms with van der Waals surface area (Å²) in [6.07, 6.45) is 0. The quantitative estimate of drug-likeness (QED) is 0.419. The lowest BCUT2D eigenvalue weighted by Gasteiger charge is -2.29. The van der Waals surface area contributed by atoms with Gasteiger partial charge < -0.3 is 10.2 Å². The molecular weight excluding hydrogens is 502 g/mol. The number of carboxylic acid groups (broad SMARTS) is 1. The number of aliphatic hydroxyl groups is 1. The first-order valence-electron chi connectivity index (χ1n) is 9.44. The van der Waals surface area contributed by atoms with Gasteiger partial charge in [0.1, 0.15) is 0 Å². The summed E-state index contributed by atoms with van der Waals surface area (Å²) in [5, 5.41) is 23.6. The van der Waals surface area contributed by atoms with E-state index in [0.29, 0.717) is 5.02 Å². The van der Waals surface area contributed by atoms with Crippen LogP contribution in [0.25, 0.3) is 0 Å². The highest BCUT2D eigenvalue weighted by atomic mass is 35.5. The lowest BCUT2D eigenvalue weighted by atomic mass is 9.79. The first-order chi connectivity index (χ1) is 15.0. The molecule has 2 aliphatic rings. The Balaban J connectivity index is 1.90. The third-order valence-corrected chi connectivity index (χ3v) is 7.50. The Kier molecular flexibility index (Phi) is 5.94. The summed E-state index contributed by atoms with van der Waals surface area (Å²) in [5.74, 6) is -5.49. The molecule has 2 fully saturated rings. The fraction of sp³-hybridized carbons (Fsp3) is 0.286. The van der Waals surface area contributed by atoms with Gasteiger partial charge in [0.25, 0.3) is 0 Å². The molecule has 2 aliphatic heterocycles. The predicted octanol–water partition coefficient (Wildman–Crippen LogP) is 3.87. The average Bonchev–Trinajstić information content (AvgIpc) is 3.21. The molecule has 3 N–H and O–H groups in total. The lowest BCUT2D eigenvalue weighted by molar-refractivity contribution is -0.150. The van der Waals surface area contributed by atoms with Crippen LogP contribution in [0.15, 0.2) is 30.3 Å². The number of aryl methyl sites for hydroxylation is 1. The van der Waals surface area contributed by atoms with Gasteiger partial charge in [-0.05, 0) is 42.3 Å². The van der Waals surface area contributed by atoms with Crippen molar-refractivity contribution in [2.75, 3.05) is 11.5 Å². The van der Waals surface area contributed by atoms with E-state index >= 15 is 0 Å². The number of imide groups is 1. The average molecular weight is 518 g/mol. The smallest absolute Gasteiger partial charge is 0.327 e. The van der Waals surface area contributed by atoms with Crippen LogP contribution >= 0.6 is 46.4 Å². The third kappa shape index (κ3) is 3.31. The highest BCUT2D eigenvalue weighted by Gasteiger charge is 2.69. The minimum atomic E-state index is -2.12. The number of anilines is 1. The van der Waals surface area contributed by atoms with Crippen LogP contribution in [0, 0.1) is 18.8 Å². The van der Waals surface area contributed by atoms with Gasteiger partial charge in [0.05, 0.1) is 34.2 Å². The summed E-state index contributed by atoms with van der Waals surface area (Å²) >= 11 is 24.8. The largest absolute Gasteiger partial charge is 0.480 e. The second-order valence-electron chi connectivity index (χ2n) is 7.80. The van der Waals surface area contributed by atoms with Crippen molar-refractivity contribution in [1.29, 1.82) is 0 Å². The Hall–Kier alpha value is -1.87. The van der Waals surface area contributed by atoms with Crippen molar-refractivity contribution in [3.63, 3.8) is 0 Å². The van der Waals surface area contributed by atoms with Gasteiger partial charge in [-0.3, -0.25) is 19.7 Å². The van der Waals surface area contributed by atoms with E-state index in [-0.39, 0.29) is 26.3 Å². The molecular formula is C21H16Cl4N2O5. The topological polar surface area (TPSA) is 107 Å². The number of nitrogens with zero attached hydrogens (tertiary/aromatic N) is 1. The SMILES string of the molecule is Cc1ccc(N2C(=O)C3C(c4cc(Cl)cc(Cl)c4Cl)NC(CO)(C(=O)O)C3C2=O)cc1Cl. The molecule has 2 aromatic rings. The summed E-state index contributed by atoms with van der Waals surface area (Å²) in [6.45, 7) is 0.827. The van der Waals surface area contributed by atoms with E-state index < -0.39 is 47.8 Å². The van der Waals surface area contributed by atoms with E-state index in [1.165, 1.54) is 18.2 Å². The van der Waals surface area contributed by atoms with Crippen molar-refractivity contribution in [2.45, 2.75) is 18.5 Å². The molecule has 4 atom stereocenters. The second-order valence-corrected chi connectivity index (χ2v) is 9.43. The Morgan fingerprint density at radius 2 is 1.78 bits per heavy atom. The van der Waals surface area contributed by atoms with E-state index in [1.807, 2.05) is 0 Å². The molecule has 0 aliphatic carbocycles. The van der Waals surface area contributed by atoms with Gasteiger partial charge in [-0.1, -0.05) is 52.5 Å². The second kappa shape index (κ2) is 8.17. The van der Waals surface area contributed by atoms with Crippen LogP contribution in [0.1, 0.15) is 17.2 Å². The minimum absolute atomic E-state index is 0.0588. The van der Waals surface area contributed by atoms with Gasteiger partial charge in [-0.15, -0.1) is 0 Å². The van der Waals surface area contributed by atoms with Crippen LogP contribution in [-0.2, 0) is 14.4 Å². The van der Waals surface area contributed by atoms with Crippen molar-refractivity contribution in [1.82, 2.24) is 5.32 Å². The number of fused-ring (bicyclic) bond motifs is 1. The summed E-state index contributed by atoms with van der Waals surface area (Å²) in [7, 11) is 0. The zero-order chi connectivity index (χ0) is 23.5. The number of carbonyl (C=O) groups is 3. The number of hydrogen-bond acceptors (Lipinski definition) is 5. The number of hydrogen-bond donors (Lipinski definition) is 3. The van der Waals surface area contributed by atoms with E-state index in [9.17, 15) is 24.6 Å². The molecule has 168 valence electrons. The lowest BCUT2D eigenvalue weighted by Crippen LogP contribution is -2.58. The molecule has 2 saturated heterocycles. The Bertz CT molecular complexity index is 1170. The number of amides is 2. The van der Waals surface area contributed by atoms with Crippen LogP contribution in [0.2, 0.25) is 20.1 Å².